The minimum absolute atomic E-state index is 0. The molecule has 1 aliphatic heterocycles. The molecule has 3 N–H and O–H groups in total. The normalized spacial score (nSPS) is 14.1. The van der Waals surface area contributed by atoms with E-state index in [0.29, 0.717) is 39.1 Å². The van der Waals surface area contributed by atoms with E-state index in [1.807, 2.05) is 11.4 Å². The predicted octanol–water partition coefficient (Wildman–Crippen LogP) is 6.03. The number of aliphatic hydroxyl groups excluding tert-OH is 1. The van der Waals surface area contributed by atoms with Crippen LogP contribution in [-0.2, 0) is 6.54 Å². The van der Waals surface area contributed by atoms with Crippen molar-refractivity contribution in [1.82, 2.24) is 20.2 Å². The van der Waals surface area contributed by atoms with Gasteiger partial charge in [-0.1, -0.05) is 47.9 Å². The summed E-state index contributed by atoms with van der Waals surface area (Å²) in [7, 11) is 2.10. The number of thiazole rings is 1. The number of piperidine rings is 1. The number of hydrogen-bond acceptors (Lipinski definition) is 9. The molecule has 1 amide bonds. The second kappa shape index (κ2) is 15.5. The number of nitrogens with one attached hydrogen (secondary N) is 2. The summed E-state index contributed by atoms with van der Waals surface area (Å²) in [4.78, 5) is 28.9. The SMILES string of the molecule is CCCCN(C)Cc1sc(NC(=O)c2cnc(N3CCC(NCCO)CC3)c(Cl)c2)nc1-c1cc(Cl)cs1.Cl. The van der Waals surface area contributed by atoms with Gasteiger partial charge >= 0.3 is 0 Å². The van der Waals surface area contributed by atoms with Crippen LogP contribution in [0.4, 0.5) is 10.9 Å². The molecule has 1 fully saturated rings. The molecule has 0 radical (unpaired) electrons. The van der Waals surface area contributed by atoms with Crippen LogP contribution in [-0.4, -0.2) is 71.8 Å². The van der Waals surface area contributed by atoms with Crippen molar-refractivity contribution < 1.29 is 9.90 Å². The zero-order chi connectivity index (χ0) is 27.1. The summed E-state index contributed by atoms with van der Waals surface area (Å²) in [6.45, 7) is 6.28. The average Bonchev–Trinajstić information content (AvgIpc) is 3.51. The molecule has 214 valence electrons. The van der Waals surface area contributed by atoms with Gasteiger partial charge < -0.3 is 20.2 Å². The Morgan fingerprint density at radius 2 is 2.05 bits per heavy atom. The maximum absolute atomic E-state index is 13.1. The highest BCUT2D eigenvalue weighted by Crippen LogP contribution is 2.37. The monoisotopic (exact) mass is 632 g/mol. The number of amides is 1. The summed E-state index contributed by atoms with van der Waals surface area (Å²) in [6.07, 6.45) is 5.72. The number of aliphatic hydroxyl groups is 1. The lowest BCUT2D eigenvalue weighted by atomic mass is 10.0. The first kappa shape index (κ1) is 32.0. The number of nitrogens with zero attached hydrogens (tertiary/aromatic N) is 4. The van der Waals surface area contributed by atoms with Gasteiger partial charge in [0.25, 0.3) is 5.91 Å². The summed E-state index contributed by atoms with van der Waals surface area (Å²) in [5.41, 5.74) is 1.24. The maximum atomic E-state index is 13.1. The first-order valence-electron chi connectivity index (χ1n) is 12.9. The van der Waals surface area contributed by atoms with Crippen molar-refractivity contribution in [3.05, 3.63) is 44.2 Å². The number of aromatic nitrogens is 2. The molecule has 8 nitrogen and oxygen atoms in total. The number of thiophene rings is 1. The topological polar surface area (TPSA) is 93.6 Å². The van der Waals surface area contributed by atoms with Crippen LogP contribution in [0, 0.1) is 0 Å². The average molecular weight is 634 g/mol. The quantitative estimate of drug-likeness (QED) is 0.224. The van der Waals surface area contributed by atoms with Crippen LogP contribution >= 0.6 is 58.3 Å². The molecular weight excluding hydrogens is 599 g/mol. The Morgan fingerprint density at radius 3 is 2.69 bits per heavy atom. The molecule has 39 heavy (non-hydrogen) atoms. The molecule has 3 aromatic rings. The summed E-state index contributed by atoms with van der Waals surface area (Å²) in [5.74, 6) is 0.389. The van der Waals surface area contributed by atoms with Gasteiger partial charge in [-0.15, -0.1) is 23.7 Å². The zero-order valence-corrected chi connectivity index (χ0v) is 26.0. The molecule has 1 aliphatic rings. The second-order valence-electron chi connectivity index (χ2n) is 9.43. The van der Waals surface area contributed by atoms with Gasteiger partial charge in [-0.25, -0.2) is 9.97 Å². The summed E-state index contributed by atoms with van der Waals surface area (Å²) in [5, 5.41) is 18.9. The van der Waals surface area contributed by atoms with Crippen LogP contribution in [0.2, 0.25) is 10.0 Å². The van der Waals surface area contributed by atoms with Crippen molar-refractivity contribution in [2.45, 2.75) is 45.2 Å². The van der Waals surface area contributed by atoms with Gasteiger partial charge in [0.2, 0.25) is 0 Å². The van der Waals surface area contributed by atoms with Gasteiger partial charge in [0, 0.05) is 48.7 Å². The molecule has 3 aromatic heterocycles. The predicted molar refractivity (Wildman–Crippen MR) is 166 cm³/mol. The number of rotatable bonds is 12. The molecule has 4 heterocycles. The van der Waals surface area contributed by atoms with E-state index >= 15 is 0 Å². The van der Waals surface area contributed by atoms with Crippen LogP contribution in [0.5, 0.6) is 0 Å². The maximum Gasteiger partial charge on any atom is 0.259 e. The summed E-state index contributed by atoms with van der Waals surface area (Å²) in [6, 6.07) is 3.96. The molecule has 1 saturated heterocycles. The fourth-order valence-electron chi connectivity index (χ4n) is 4.42. The molecule has 4 rings (SSSR count). The Labute approximate surface area is 254 Å². The number of hydrogen-bond donors (Lipinski definition) is 3. The van der Waals surface area contributed by atoms with Crippen molar-refractivity contribution in [3.8, 4) is 10.6 Å². The number of unbranched alkanes of at least 4 members (excludes halogenated alkanes) is 1. The lowest BCUT2D eigenvalue weighted by Crippen LogP contribution is -2.43. The lowest BCUT2D eigenvalue weighted by molar-refractivity contribution is 0.102. The van der Waals surface area contributed by atoms with Gasteiger partial charge in [0.1, 0.15) is 5.82 Å². The van der Waals surface area contributed by atoms with E-state index in [2.05, 4.69) is 39.4 Å². The first-order chi connectivity index (χ1) is 18.4. The second-order valence-corrected chi connectivity index (χ2v) is 12.3. The highest BCUT2D eigenvalue weighted by molar-refractivity contribution is 7.17. The number of anilines is 2. The van der Waals surface area contributed by atoms with Gasteiger partial charge in [-0.3, -0.25) is 10.1 Å². The minimum Gasteiger partial charge on any atom is -0.395 e. The smallest absolute Gasteiger partial charge is 0.259 e. The fourth-order valence-corrected chi connectivity index (χ4v) is 6.91. The van der Waals surface area contributed by atoms with Crippen molar-refractivity contribution in [2.75, 3.05) is 50.1 Å². The molecule has 0 spiro atoms. The van der Waals surface area contributed by atoms with Crippen LogP contribution in [0.15, 0.2) is 23.7 Å². The molecule has 0 aliphatic carbocycles. The van der Waals surface area contributed by atoms with Gasteiger partial charge in [0.05, 0.1) is 32.8 Å². The minimum atomic E-state index is -0.298. The highest BCUT2D eigenvalue weighted by atomic mass is 35.5. The van der Waals surface area contributed by atoms with E-state index in [1.165, 1.54) is 11.3 Å². The molecular formula is C26H35Cl3N6O2S2. The molecule has 13 heteroatoms. The Bertz CT molecular complexity index is 1220. The number of carbonyl (C=O) groups excluding carboxylic acids is 1. The van der Waals surface area contributed by atoms with Gasteiger partial charge in [0.15, 0.2) is 5.13 Å². The highest BCUT2D eigenvalue weighted by Gasteiger charge is 2.23. The lowest BCUT2D eigenvalue weighted by Gasteiger charge is -2.33. The van der Waals surface area contributed by atoms with E-state index in [0.717, 1.165) is 67.3 Å². The summed E-state index contributed by atoms with van der Waals surface area (Å²) < 4.78 is 0. The largest absolute Gasteiger partial charge is 0.395 e. The van der Waals surface area contributed by atoms with Crippen molar-refractivity contribution in [2.24, 2.45) is 0 Å². The number of carbonyl (C=O) groups is 1. The standard InChI is InChI=1S/C26H34Cl2N6O2S2.ClH/c1-3-4-8-33(2)15-22-23(21-13-18(27)16-37-21)31-26(38-22)32-25(36)17-12-20(28)24(30-14-17)34-9-5-19(6-10-34)29-7-11-35;/h12-14,16,19,29,35H,3-11,15H2,1-2H3,(H,31,32,36);1H. The zero-order valence-electron chi connectivity index (χ0n) is 22.1. The fraction of sp³-hybridized carbons (Fsp3) is 0.500. The third-order valence-corrected chi connectivity index (χ3v) is 8.97. The van der Waals surface area contributed by atoms with Gasteiger partial charge in [-0.05, 0) is 45.0 Å². The van der Waals surface area contributed by atoms with E-state index in [-0.39, 0.29) is 24.9 Å². The van der Waals surface area contributed by atoms with Crippen molar-refractivity contribution in [3.63, 3.8) is 0 Å². The molecule has 0 unspecified atom stereocenters. The van der Waals surface area contributed by atoms with Crippen LogP contribution in [0.25, 0.3) is 10.6 Å². The van der Waals surface area contributed by atoms with E-state index in [4.69, 9.17) is 33.3 Å². The van der Waals surface area contributed by atoms with Gasteiger partial charge in [-0.2, -0.15) is 0 Å². The first-order valence-corrected chi connectivity index (χ1v) is 15.3. The molecule has 0 aromatic carbocycles. The Kier molecular flexibility index (Phi) is 12.7. The Morgan fingerprint density at radius 1 is 1.28 bits per heavy atom. The third kappa shape index (κ3) is 8.74. The molecule has 0 saturated carbocycles. The molecule has 0 atom stereocenters. The Hall–Kier alpha value is -1.50. The van der Waals surface area contributed by atoms with Crippen LogP contribution in [0.1, 0.15) is 47.8 Å². The van der Waals surface area contributed by atoms with Crippen molar-refractivity contribution >= 4 is 75.1 Å². The van der Waals surface area contributed by atoms with E-state index in [1.54, 1.807) is 23.6 Å². The van der Waals surface area contributed by atoms with Crippen LogP contribution < -0.4 is 15.5 Å². The third-order valence-electron chi connectivity index (χ3n) is 6.45. The number of pyridine rings is 1. The Balaban J connectivity index is 0.00000420. The van der Waals surface area contributed by atoms with Crippen molar-refractivity contribution in [1.29, 1.82) is 0 Å². The van der Waals surface area contributed by atoms with Crippen LogP contribution in [0.3, 0.4) is 0 Å². The van der Waals surface area contributed by atoms with E-state index in [9.17, 15) is 4.79 Å². The van der Waals surface area contributed by atoms with E-state index < -0.39 is 0 Å². The molecule has 0 bridgehead atoms. The summed E-state index contributed by atoms with van der Waals surface area (Å²) >= 11 is 15.8. The number of halogens is 3.